The fourth-order valence-electron chi connectivity index (χ4n) is 3.82. The summed E-state index contributed by atoms with van der Waals surface area (Å²) >= 11 is 10.0. The maximum absolute atomic E-state index is 10.5. The van der Waals surface area contributed by atoms with Gasteiger partial charge in [0.15, 0.2) is 11.5 Å². The van der Waals surface area contributed by atoms with Crippen LogP contribution in [0, 0.1) is 12.8 Å². The number of benzene rings is 1. The molecule has 2 aliphatic carbocycles. The van der Waals surface area contributed by atoms with Crippen molar-refractivity contribution in [3.63, 3.8) is 0 Å². The second kappa shape index (κ2) is 8.19. The zero-order chi connectivity index (χ0) is 20.8. The van der Waals surface area contributed by atoms with Gasteiger partial charge in [-0.3, -0.25) is 0 Å². The van der Waals surface area contributed by atoms with Crippen molar-refractivity contribution in [3.05, 3.63) is 78.9 Å². The van der Waals surface area contributed by atoms with Crippen molar-refractivity contribution in [2.45, 2.75) is 30.1 Å². The van der Waals surface area contributed by atoms with Gasteiger partial charge in [0.2, 0.25) is 0 Å². The number of ether oxygens (including phenoxy) is 2. The molecule has 0 fully saturated rings. The minimum atomic E-state index is -0.0788. The van der Waals surface area contributed by atoms with E-state index in [-0.39, 0.29) is 21.0 Å². The predicted molar refractivity (Wildman–Crippen MR) is 129 cm³/mol. The van der Waals surface area contributed by atoms with Crippen LogP contribution in [0.25, 0.3) is 0 Å². The van der Waals surface area contributed by atoms with E-state index < -0.39 is 0 Å². The molecule has 1 aromatic carbocycles. The highest BCUT2D eigenvalue weighted by Gasteiger charge is 2.36. The van der Waals surface area contributed by atoms with E-state index in [9.17, 15) is 5.11 Å². The average molecular weight is 622 g/mol. The maximum atomic E-state index is 10.5. The summed E-state index contributed by atoms with van der Waals surface area (Å²) in [5.74, 6) is 1.59. The van der Waals surface area contributed by atoms with Crippen molar-refractivity contribution in [2.75, 3.05) is 14.2 Å². The van der Waals surface area contributed by atoms with Crippen molar-refractivity contribution in [1.82, 2.24) is 0 Å². The summed E-state index contributed by atoms with van der Waals surface area (Å²) in [5, 5.41) is 10.5. The van der Waals surface area contributed by atoms with Gasteiger partial charge in [0.25, 0.3) is 0 Å². The number of aliphatic hydroxyl groups is 1. The predicted octanol–water partition coefficient (Wildman–Crippen LogP) is 7.35. The SMILES string of the molecule is COC1=CC2=C(O)C=CC(c3cc(Br)c(C)c(Br)c3C(C)(C)I)C2C=C1OC. The molecule has 0 bridgehead atoms. The minimum absolute atomic E-state index is 0.0437. The standard InChI is InChI=1S/C22H23Br2IO3/c1-11-16(23)8-15(20(21(11)24)22(2,3)25)12-6-7-17(26)14-10-19(28-5)18(27-4)9-13(12)14/h6-10,12-13,26H,1-5H3. The molecule has 3 nitrogen and oxygen atoms in total. The van der Waals surface area contributed by atoms with Gasteiger partial charge in [-0.25, -0.2) is 0 Å². The largest absolute Gasteiger partial charge is 0.508 e. The molecule has 150 valence electrons. The quantitative estimate of drug-likeness (QED) is 0.282. The number of hydrogen-bond donors (Lipinski definition) is 1. The highest BCUT2D eigenvalue weighted by Crippen LogP contribution is 2.49. The van der Waals surface area contributed by atoms with Crippen molar-refractivity contribution >= 4 is 54.5 Å². The van der Waals surface area contributed by atoms with Crippen LogP contribution in [0.3, 0.4) is 0 Å². The molecule has 2 unspecified atom stereocenters. The smallest absolute Gasteiger partial charge is 0.160 e. The lowest BCUT2D eigenvalue weighted by molar-refractivity contribution is 0.214. The molecule has 6 heteroatoms. The monoisotopic (exact) mass is 620 g/mol. The Morgan fingerprint density at radius 1 is 1.11 bits per heavy atom. The second-order valence-corrected chi connectivity index (χ2v) is 11.8. The highest BCUT2D eigenvalue weighted by atomic mass is 127. The van der Waals surface area contributed by atoms with Crippen molar-refractivity contribution in [2.24, 2.45) is 5.92 Å². The zero-order valence-electron chi connectivity index (χ0n) is 16.4. The third-order valence-corrected chi connectivity index (χ3v) is 7.59. The molecule has 0 amide bonds. The van der Waals surface area contributed by atoms with Crippen LogP contribution in [0.15, 0.2) is 62.2 Å². The third-order valence-electron chi connectivity index (χ3n) is 5.23. The van der Waals surface area contributed by atoms with E-state index in [4.69, 9.17) is 9.47 Å². The average Bonchev–Trinajstić information content (AvgIpc) is 2.64. The Kier molecular flexibility index (Phi) is 6.42. The Morgan fingerprint density at radius 3 is 2.32 bits per heavy atom. The molecule has 2 atom stereocenters. The fourth-order valence-corrected chi connectivity index (χ4v) is 6.43. The van der Waals surface area contributed by atoms with E-state index in [0.29, 0.717) is 11.5 Å². The first kappa shape index (κ1) is 22.0. The molecule has 0 heterocycles. The van der Waals surface area contributed by atoms with Crippen LogP contribution in [0.5, 0.6) is 0 Å². The molecule has 0 aliphatic heterocycles. The van der Waals surface area contributed by atoms with Crippen molar-refractivity contribution in [3.8, 4) is 0 Å². The lowest BCUT2D eigenvalue weighted by Crippen LogP contribution is -2.23. The van der Waals surface area contributed by atoms with Crippen LogP contribution in [0.2, 0.25) is 0 Å². The van der Waals surface area contributed by atoms with E-state index >= 15 is 0 Å². The number of fused-ring (bicyclic) bond motifs is 1. The van der Waals surface area contributed by atoms with Gasteiger partial charge in [-0.2, -0.15) is 0 Å². The summed E-state index contributed by atoms with van der Waals surface area (Å²) in [4.78, 5) is 0. The first-order valence-electron chi connectivity index (χ1n) is 8.91. The van der Waals surface area contributed by atoms with E-state index in [1.165, 1.54) is 16.7 Å². The highest BCUT2D eigenvalue weighted by molar-refractivity contribution is 14.1. The maximum Gasteiger partial charge on any atom is 0.160 e. The van der Waals surface area contributed by atoms with E-state index in [1.54, 1.807) is 20.3 Å². The van der Waals surface area contributed by atoms with Crippen LogP contribution in [0.4, 0.5) is 0 Å². The molecule has 0 saturated heterocycles. The lowest BCUT2D eigenvalue weighted by Gasteiger charge is -2.35. The molecule has 0 aromatic heterocycles. The Labute approximate surface area is 197 Å². The summed E-state index contributed by atoms with van der Waals surface area (Å²) in [6, 6.07) is 2.21. The molecular formula is C22H23Br2IO3. The number of hydrogen-bond acceptors (Lipinski definition) is 3. The number of halogens is 3. The number of aliphatic hydroxyl groups excluding tert-OH is 1. The van der Waals surface area contributed by atoms with E-state index in [1.807, 2.05) is 12.2 Å². The number of alkyl halides is 1. The molecule has 1 N–H and O–H groups in total. The summed E-state index contributed by atoms with van der Waals surface area (Å²) in [6.07, 6.45) is 7.79. The van der Waals surface area contributed by atoms with Crippen molar-refractivity contribution in [1.29, 1.82) is 0 Å². The Morgan fingerprint density at radius 2 is 1.75 bits per heavy atom. The van der Waals surface area contributed by atoms with E-state index in [0.717, 1.165) is 14.5 Å². The molecule has 0 spiro atoms. The topological polar surface area (TPSA) is 38.7 Å². The Bertz CT molecular complexity index is 936. The Balaban J connectivity index is 2.23. The van der Waals surface area contributed by atoms with Crippen LogP contribution in [-0.2, 0) is 12.9 Å². The summed E-state index contributed by atoms with van der Waals surface area (Å²) in [6.45, 7) is 6.53. The normalized spacial score (nSPS) is 21.9. The molecule has 1 aromatic rings. The van der Waals surface area contributed by atoms with Gasteiger partial charge in [-0.05, 0) is 61.8 Å². The molecular weight excluding hydrogens is 599 g/mol. The number of allylic oxidation sites excluding steroid dienone is 5. The van der Waals surface area contributed by atoms with Crippen LogP contribution in [-0.4, -0.2) is 19.3 Å². The van der Waals surface area contributed by atoms with Gasteiger partial charge in [-0.1, -0.05) is 60.5 Å². The molecule has 28 heavy (non-hydrogen) atoms. The fraction of sp³-hybridized carbons (Fsp3) is 0.364. The summed E-state index contributed by atoms with van der Waals surface area (Å²) in [5.41, 5.74) is 4.50. The van der Waals surface area contributed by atoms with Gasteiger partial charge in [0, 0.05) is 29.8 Å². The van der Waals surface area contributed by atoms with Crippen molar-refractivity contribution < 1.29 is 14.6 Å². The van der Waals surface area contributed by atoms with Gasteiger partial charge in [0.1, 0.15) is 5.76 Å². The summed E-state index contributed by atoms with van der Waals surface area (Å²) < 4.78 is 13.1. The number of methoxy groups -OCH3 is 2. The zero-order valence-corrected chi connectivity index (χ0v) is 21.8. The minimum Gasteiger partial charge on any atom is -0.508 e. The second-order valence-electron chi connectivity index (χ2n) is 7.43. The van der Waals surface area contributed by atoms with Gasteiger partial charge < -0.3 is 14.6 Å². The molecule has 0 saturated carbocycles. The van der Waals surface area contributed by atoms with Gasteiger partial charge in [-0.15, -0.1) is 0 Å². The lowest BCUT2D eigenvalue weighted by atomic mass is 9.73. The van der Waals surface area contributed by atoms with E-state index in [2.05, 4.69) is 87.4 Å². The van der Waals surface area contributed by atoms with Crippen LogP contribution < -0.4 is 0 Å². The van der Waals surface area contributed by atoms with Crippen LogP contribution in [0.1, 0.15) is 36.5 Å². The van der Waals surface area contributed by atoms with Crippen LogP contribution >= 0.6 is 54.5 Å². The number of rotatable bonds is 4. The molecule has 3 rings (SSSR count). The Hall–Kier alpha value is -0.730. The van der Waals surface area contributed by atoms with Gasteiger partial charge >= 0.3 is 0 Å². The first-order chi connectivity index (χ1) is 13.1. The molecule has 0 radical (unpaired) electrons. The van der Waals surface area contributed by atoms with Gasteiger partial charge in [0.05, 0.1) is 14.2 Å². The third kappa shape index (κ3) is 3.84. The first-order valence-corrected chi connectivity index (χ1v) is 11.6. The summed E-state index contributed by atoms with van der Waals surface area (Å²) in [7, 11) is 3.25. The molecule has 2 aliphatic rings.